The fraction of sp³-hybridized carbons (Fsp3) is 0.667. The summed E-state index contributed by atoms with van der Waals surface area (Å²) in [4.78, 5) is 3.65. The number of unbranched alkanes of at least 4 members (excludes halogenated alkanes) is 2. The molecule has 1 aromatic rings. The molecule has 4 heteroatoms. The summed E-state index contributed by atoms with van der Waals surface area (Å²) in [6.45, 7) is 11.2. The molecule has 4 fully saturated rings. The zero-order chi connectivity index (χ0) is 28.5. The number of aliphatic hydroxyl groups is 3. The molecule has 4 saturated carbocycles. The third-order valence-electron chi connectivity index (χ3n) is 11.2. The van der Waals surface area contributed by atoms with Crippen molar-refractivity contribution in [2.45, 2.75) is 128 Å². The second-order valence-electron chi connectivity index (χ2n) is 13.9. The summed E-state index contributed by atoms with van der Waals surface area (Å²) in [5.41, 5.74) is 5.96. The molecule has 40 heavy (non-hydrogen) atoms. The van der Waals surface area contributed by atoms with E-state index in [4.69, 9.17) is 0 Å². The van der Waals surface area contributed by atoms with Crippen LogP contribution < -0.4 is 0 Å². The average molecular weight is 548 g/mol. The first-order valence-corrected chi connectivity index (χ1v) is 16.2. The minimum Gasteiger partial charge on any atom is -0.393 e. The van der Waals surface area contributed by atoms with Crippen LogP contribution in [0.4, 0.5) is 0 Å². The lowest BCUT2D eigenvalue weighted by Gasteiger charge is -2.44. The molecule has 220 valence electrons. The number of allylic oxidation sites excluding steroid dienone is 4. The molecular formula is C36H53NO3. The maximum atomic E-state index is 11.3. The normalized spacial score (nSPS) is 35.4. The molecule has 4 nitrogen and oxygen atoms in total. The first-order valence-electron chi connectivity index (χ1n) is 16.2. The minimum absolute atomic E-state index is 0.125. The van der Waals surface area contributed by atoms with Crippen LogP contribution in [-0.2, 0) is 11.8 Å². The van der Waals surface area contributed by atoms with Crippen LogP contribution >= 0.6 is 0 Å². The Hall–Kier alpha value is -1.88. The van der Waals surface area contributed by atoms with Gasteiger partial charge >= 0.3 is 0 Å². The van der Waals surface area contributed by atoms with Gasteiger partial charge in [-0.25, -0.2) is 0 Å². The van der Waals surface area contributed by atoms with Gasteiger partial charge in [0.05, 0.1) is 18.3 Å². The van der Waals surface area contributed by atoms with Crippen molar-refractivity contribution >= 4 is 0 Å². The molecule has 0 spiro atoms. The van der Waals surface area contributed by atoms with E-state index in [0.29, 0.717) is 30.6 Å². The summed E-state index contributed by atoms with van der Waals surface area (Å²) in [5.74, 6) is 1.61. The Morgan fingerprint density at radius 2 is 1.90 bits per heavy atom. The van der Waals surface area contributed by atoms with Crippen molar-refractivity contribution in [3.63, 3.8) is 0 Å². The van der Waals surface area contributed by atoms with E-state index in [1.54, 1.807) is 0 Å². The highest BCUT2D eigenvalue weighted by Gasteiger charge is 2.52. The molecule has 0 aliphatic heterocycles. The molecule has 0 saturated heterocycles. The molecule has 4 aliphatic rings. The number of hydrogen-bond donors (Lipinski definition) is 4. The van der Waals surface area contributed by atoms with Gasteiger partial charge in [0, 0.05) is 23.2 Å². The Morgan fingerprint density at radius 3 is 2.65 bits per heavy atom. The first kappa shape index (κ1) is 29.6. The Kier molecular flexibility index (Phi) is 9.00. The lowest BCUT2D eigenvalue weighted by Crippen LogP contribution is -2.35. The monoisotopic (exact) mass is 547 g/mol. The molecule has 0 unspecified atom stereocenters. The number of fused-ring (bicyclic) bond motifs is 1. The molecule has 7 atom stereocenters. The Morgan fingerprint density at radius 1 is 1.10 bits per heavy atom. The fourth-order valence-corrected chi connectivity index (χ4v) is 8.51. The van der Waals surface area contributed by atoms with Crippen LogP contribution in [0, 0.1) is 23.2 Å². The van der Waals surface area contributed by atoms with E-state index in [1.165, 1.54) is 61.9 Å². The first-order chi connectivity index (χ1) is 19.2. The van der Waals surface area contributed by atoms with Gasteiger partial charge in [0.2, 0.25) is 0 Å². The number of aromatic amines is 1. The number of aryl methyl sites for hydroxylation is 1. The number of nitrogens with one attached hydrogen (secondary N) is 1. The summed E-state index contributed by atoms with van der Waals surface area (Å²) in [5, 5.41) is 31.7. The quantitative estimate of drug-likeness (QED) is 0.181. The van der Waals surface area contributed by atoms with E-state index in [9.17, 15) is 15.3 Å². The second-order valence-corrected chi connectivity index (χ2v) is 13.9. The minimum atomic E-state index is -0.636. The fourth-order valence-electron chi connectivity index (χ4n) is 8.51. The SMILES string of the molecule is C=C1/C(=C\C=C2/CCC[C@]3(C)[C@@H]([C@H](C)/C=C/[C@@H](O)C4(c5ccc(CCCCC)[nH]5)CC4)CC[C@@H]23)C[C@@H](O)C[C@@H]1O. The molecule has 0 amide bonds. The summed E-state index contributed by atoms with van der Waals surface area (Å²) in [6, 6.07) is 4.44. The Labute approximate surface area is 242 Å². The van der Waals surface area contributed by atoms with Gasteiger partial charge in [0.25, 0.3) is 0 Å². The van der Waals surface area contributed by atoms with Gasteiger partial charge in [-0.2, -0.15) is 0 Å². The Bertz CT molecular complexity index is 1140. The summed E-state index contributed by atoms with van der Waals surface area (Å²) >= 11 is 0. The topological polar surface area (TPSA) is 76.5 Å². The third kappa shape index (κ3) is 5.87. The highest BCUT2D eigenvalue weighted by atomic mass is 16.3. The lowest BCUT2D eigenvalue weighted by atomic mass is 9.61. The van der Waals surface area contributed by atoms with Crippen LogP contribution in [0.5, 0.6) is 0 Å². The maximum absolute atomic E-state index is 11.3. The van der Waals surface area contributed by atoms with Gasteiger partial charge in [0.1, 0.15) is 0 Å². The molecule has 4 N–H and O–H groups in total. The van der Waals surface area contributed by atoms with Crippen molar-refractivity contribution in [1.29, 1.82) is 0 Å². The predicted octanol–water partition coefficient (Wildman–Crippen LogP) is 7.47. The second kappa shape index (κ2) is 12.2. The van der Waals surface area contributed by atoms with Crippen LogP contribution in [0.2, 0.25) is 0 Å². The molecule has 1 aromatic heterocycles. The van der Waals surface area contributed by atoms with Crippen molar-refractivity contribution < 1.29 is 15.3 Å². The molecular weight excluding hydrogens is 494 g/mol. The van der Waals surface area contributed by atoms with Crippen molar-refractivity contribution in [3.8, 4) is 0 Å². The van der Waals surface area contributed by atoms with Crippen molar-refractivity contribution in [2.75, 3.05) is 0 Å². The molecule has 1 heterocycles. The van der Waals surface area contributed by atoms with Gasteiger partial charge in [-0.3, -0.25) is 0 Å². The smallest absolute Gasteiger partial charge is 0.0831 e. The third-order valence-corrected chi connectivity index (χ3v) is 11.2. The predicted molar refractivity (Wildman–Crippen MR) is 164 cm³/mol. The average Bonchev–Trinajstić information content (AvgIpc) is 3.46. The van der Waals surface area contributed by atoms with Gasteiger partial charge in [0.15, 0.2) is 0 Å². The van der Waals surface area contributed by atoms with Gasteiger partial charge in [-0.05, 0) is 111 Å². The van der Waals surface area contributed by atoms with E-state index in [2.05, 4.69) is 68.8 Å². The van der Waals surface area contributed by atoms with E-state index >= 15 is 0 Å². The summed E-state index contributed by atoms with van der Waals surface area (Å²) in [6.07, 6.45) is 21.2. The molecule has 4 aliphatic carbocycles. The summed E-state index contributed by atoms with van der Waals surface area (Å²) in [7, 11) is 0. The zero-order valence-corrected chi connectivity index (χ0v) is 25.2. The van der Waals surface area contributed by atoms with Crippen LogP contribution in [0.15, 0.2) is 59.7 Å². The highest BCUT2D eigenvalue weighted by Crippen LogP contribution is 2.60. The molecule has 0 bridgehead atoms. The van der Waals surface area contributed by atoms with Crippen LogP contribution in [0.25, 0.3) is 0 Å². The largest absolute Gasteiger partial charge is 0.393 e. The summed E-state index contributed by atoms with van der Waals surface area (Å²) < 4.78 is 0. The van der Waals surface area contributed by atoms with Crippen molar-refractivity contribution in [3.05, 3.63) is 71.1 Å². The van der Waals surface area contributed by atoms with E-state index in [0.717, 1.165) is 36.8 Å². The highest BCUT2D eigenvalue weighted by molar-refractivity contribution is 5.39. The lowest BCUT2D eigenvalue weighted by molar-refractivity contribution is 0.0862. The van der Waals surface area contributed by atoms with Crippen LogP contribution in [0.1, 0.15) is 109 Å². The van der Waals surface area contributed by atoms with Crippen molar-refractivity contribution in [1.82, 2.24) is 4.98 Å². The Balaban J connectivity index is 1.24. The number of rotatable bonds is 10. The van der Waals surface area contributed by atoms with E-state index in [-0.39, 0.29) is 10.8 Å². The van der Waals surface area contributed by atoms with E-state index in [1.807, 2.05) is 0 Å². The molecule has 5 rings (SSSR count). The number of aliphatic hydroxyl groups excluding tert-OH is 3. The van der Waals surface area contributed by atoms with E-state index < -0.39 is 18.3 Å². The van der Waals surface area contributed by atoms with Crippen LogP contribution in [-0.4, -0.2) is 38.6 Å². The maximum Gasteiger partial charge on any atom is 0.0831 e. The van der Waals surface area contributed by atoms with Gasteiger partial charge in [-0.15, -0.1) is 0 Å². The van der Waals surface area contributed by atoms with Gasteiger partial charge < -0.3 is 20.3 Å². The van der Waals surface area contributed by atoms with Crippen LogP contribution in [0.3, 0.4) is 0 Å². The number of hydrogen-bond acceptors (Lipinski definition) is 3. The zero-order valence-electron chi connectivity index (χ0n) is 25.2. The number of aromatic nitrogens is 1. The molecule has 0 aromatic carbocycles. The van der Waals surface area contributed by atoms with Gasteiger partial charge in [-0.1, -0.05) is 70.1 Å². The number of H-pyrrole nitrogens is 1. The standard InChI is InChI=1S/C36H53NO3/c1-5-6-7-10-28-14-17-33(37-28)36(20-21-36)34(40)18-11-24(2)30-15-16-31-26(9-8-19-35(30,31)4)12-13-27-22-29(38)23-32(39)25(27)3/h11-14,17-18,24,29-32,34,37-40H,3,5-10,15-16,19-23H2,1-2,4H3/b18-11+,26-12+,27-13-/t24-,29-,30-,31+,32+,34-,35-/m1/s1. The van der Waals surface area contributed by atoms with Crippen molar-refractivity contribution in [2.24, 2.45) is 23.2 Å². The molecule has 0 radical (unpaired) electrons.